The Morgan fingerprint density at radius 2 is 2.04 bits per heavy atom. The van der Waals surface area contributed by atoms with Gasteiger partial charge < -0.3 is 15.2 Å². The van der Waals surface area contributed by atoms with Gasteiger partial charge in [0.1, 0.15) is 0 Å². The summed E-state index contributed by atoms with van der Waals surface area (Å²) in [4.78, 5) is 23.4. The average molecular weight is 348 g/mol. The summed E-state index contributed by atoms with van der Waals surface area (Å²) >= 11 is 1.35. The SMILES string of the molecule is CCOC(=O)COc1cc(Sc2ccccc2N)ccc1[N+](=O)[O-]. The summed E-state index contributed by atoms with van der Waals surface area (Å²) in [6.07, 6.45) is 0. The molecule has 0 aliphatic carbocycles. The van der Waals surface area contributed by atoms with Crippen LogP contribution >= 0.6 is 11.8 Å². The topological polar surface area (TPSA) is 105 Å². The van der Waals surface area contributed by atoms with E-state index < -0.39 is 17.5 Å². The van der Waals surface area contributed by atoms with Gasteiger partial charge in [-0.05, 0) is 25.1 Å². The number of carbonyl (C=O) groups excluding carboxylic acids is 1. The minimum atomic E-state index is -0.586. The molecule has 24 heavy (non-hydrogen) atoms. The molecule has 0 spiro atoms. The highest BCUT2D eigenvalue weighted by Crippen LogP contribution is 2.37. The number of carbonyl (C=O) groups is 1. The number of anilines is 1. The Balaban J connectivity index is 2.22. The van der Waals surface area contributed by atoms with Crippen LogP contribution in [-0.2, 0) is 9.53 Å². The molecule has 8 heteroatoms. The van der Waals surface area contributed by atoms with Crippen molar-refractivity contribution < 1.29 is 19.2 Å². The van der Waals surface area contributed by atoms with E-state index in [4.69, 9.17) is 15.2 Å². The molecule has 0 unspecified atom stereocenters. The summed E-state index contributed by atoms with van der Waals surface area (Å²) < 4.78 is 10.0. The van der Waals surface area contributed by atoms with Crippen molar-refractivity contribution in [3.63, 3.8) is 0 Å². The number of hydrogen-bond acceptors (Lipinski definition) is 7. The Labute approximate surface area is 142 Å². The number of nitro groups is 1. The quantitative estimate of drug-likeness (QED) is 0.354. The van der Waals surface area contributed by atoms with E-state index in [0.29, 0.717) is 10.6 Å². The number of nitro benzene ring substituents is 1. The Kier molecular flexibility index (Phi) is 6.02. The molecule has 0 fully saturated rings. The van der Waals surface area contributed by atoms with Crippen molar-refractivity contribution in [2.45, 2.75) is 16.7 Å². The molecule has 126 valence electrons. The third-order valence-electron chi connectivity index (χ3n) is 2.93. The van der Waals surface area contributed by atoms with Crippen molar-refractivity contribution in [2.75, 3.05) is 18.9 Å². The van der Waals surface area contributed by atoms with Gasteiger partial charge >= 0.3 is 11.7 Å². The third kappa shape index (κ3) is 4.63. The number of para-hydroxylation sites is 1. The average Bonchev–Trinajstić information content (AvgIpc) is 2.55. The van der Waals surface area contributed by atoms with Crippen LogP contribution in [-0.4, -0.2) is 24.1 Å². The predicted octanol–water partition coefficient (Wildman–Crippen LogP) is 3.27. The van der Waals surface area contributed by atoms with Crippen LogP contribution in [0.4, 0.5) is 11.4 Å². The van der Waals surface area contributed by atoms with Crippen LogP contribution in [0.1, 0.15) is 6.92 Å². The van der Waals surface area contributed by atoms with E-state index in [2.05, 4.69) is 0 Å². The molecule has 2 aromatic rings. The fourth-order valence-corrected chi connectivity index (χ4v) is 2.75. The summed E-state index contributed by atoms with van der Waals surface area (Å²) in [5.74, 6) is -0.579. The molecule has 7 nitrogen and oxygen atoms in total. The molecular weight excluding hydrogens is 332 g/mol. The van der Waals surface area contributed by atoms with Crippen LogP contribution in [0.25, 0.3) is 0 Å². The standard InChI is InChI=1S/C16H16N2O5S/c1-2-22-16(19)10-23-14-9-11(7-8-13(14)18(20)21)24-15-6-4-3-5-12(15)17/h3-9H,2,10,17H2,1H3. The molecule has 0 saturated carbocycles. The third-order valence-corrected chi connectivity index (χ3v) is 4.01. The van der Waals surface area contributed by atoms with Crippen molar-refractivity contribution in [3.05, 3.63) is 52.6 Å². The number of esters is 1. The van der Waals surface area contributed by atoms with E-state index in [1.54, 1.807) is 19.1 Å². The molecule has 2 N–H and O–H groups in total. The first-order valence-electron chi connectivity index (χ1n) is 7.10. The molecule has 0 aliphatic rings. The minimum Gasteiger partial charge on any atom is -0.475 e. The highest BCUT2D eigenvalue weighted by atomic mass is 32.2. The normalized spacial score (nSPS) is 10.2. The fourth-order valence-electron chi connectivity index (χ4n) is 1.86. The first kappa shape index (κ1) is 17.6. The van der Waals surface area contributed by atoms with Gasteiger partial charge in [0.25, 0.3) is 0 Å². The zero-order valence-electron chi connectivity index (χ0n) is 12.9. The smallest absolute Gasteiger partial charge is 0.344 e. The monoisotopic (exact) mass is 348 g/mol. The zero-order valence-corrected chi connectivity index (χ0v) is 13.7. The highest BCUT2D eigenvalue weighted by molar-refractivity contribution is 7.99. The Bertz CT molecular complexity index is 751. The van der Waals surface area contributed by atoms with E-state index in [-0.39, 0.29) is 18.0 Å². The Hall–Kier alpha value is -2.74. The molecule has 0 aromatic heterocycles. The molecule has 2 aromatic carbocycles. The number of benzene rings is 2. The molecule has 0 amide bonds. The Morgan fingerprint density at radius 1 is 1.29 bits per heavy atom. The van der Waals surface area contributed by atoms with E-state index >= 15 is 0 Å². The molecule has 2 rings (SSSR count). The van der Waals surface area contributed by atoms with Gasteiger partial charge in [-0.2, -0.15) is 0 Å². The number of nitrogens with zero attached hydrogens (tertiary/aromatic N) is 1. The van der Waals surface area contributed by atoms with E-state index in [1.165, 1.54) is 23.9 Å². The maximum absolute atomic E-state index is 11.4. The molecular formula is C16H16N2O5S. The first-order chi connectivity index (χ1) is 11.5. The fraction of sp³-hybridized carbons (Fsp3) is 0.188. The number of ether oxygens (including phenoxy) is 2. The second-order valence-electron chi connectivity index (χ2n) is 4.62. The number of nitrogen functional groups attached to an aromatic ring is 1. The van der Waals surface area contributed by atoms with Crippen molar-refractivity contribution in [3.8, 4) is 5.75 Å². The van der Waals surface area contributed by atoms with Gasteiger partial charge in [0.15, 0.2) is 12.4 Å². The first-order valence-corrected chi connectivity index (χ1v) is 7.92. The van der Waals surface area contributed by atoms with E-state index in [9.17, 15) is 14.9 Å². The van der Waals surface area contributed by atoms with E-state index in [1.807, 2.05) is 18.2 Å². The number of rotatable bonds is 7. The lowest BCUT2D eigenvalue weighted by atomic mass is 10.3. The van der Waals surface area contributed by atoms with Crippen molar-refractivity contribution in [1.82, 2.24) is 0 Å². The van der Waals surface area contributed by atoms with Crippen molar-refractivity contribution in [2.24, 2.45) is 0 Å². The second-order valence-corrected chi connectivity index (χ2v) is 5.74. The van der Waals surface area contributed by atoms with Crippen LogP contribution in [0.3, 0.4) is 0 Å². The van der Waals surface area contributed by atoms with Crippen LogP contribution in [0, 0.1) is 10.1 Å². The van der Waals surface area contributed by atoms with Gasteiger partial charge in [0.05, 0.1) is 11.5 Å². The van der Waals surface area contributed by atoms with Gasteiger partial charge in [-0.25, -0.2) is 4.79 Å². The van der Waals surface area contributed by atoms with Crippen LogP contribution in [0.2, 0.25) is 0 Å². The van der Waals surface area contributed by atoms with Gasteiger partial charge in [-0.15, -0.1) is 0 Å². The van der Waals surface area contributed by atoms with E-state index in [0.717, 1.165) is 4.90 Å². The summed E-state index contributed by atoms with van der Waals surface area (Å²) in [5, 5.41) is 11.1. The van der Waals surface area contributed by atoms with Gasteiger partial charge in [-0.3, -0.25) is 10.1 Å². The van der Waals surface area contributed by atoms with Gasteiger partial charge in [0, 0.05) is 27.6 Å². The maximum atomic E-state index is 11.4. The van der Waals surface area contributed by atoms with Crippen molar-refractivity contribution in [1.29, 1.82) is 0 Å². The summed E-state index contributed by atoms with van der Waals surface area (Å²) in [7, 11) is 0. The second kappa shape index (κ2) is 8.21. The number of hydrogen-bond donors (Lipinski definition) is 1. The maximum Gasteiger partial charge on any atom is 0.344 e. The lowest BCUT2D eigenvalue weighted by Gasteiger charge is -2.09. The summed E-state index contributed by atoms with van der Waals surface area (Å²) in [6.45, 7) is 1.49. The molecule has 0 heterocycles. The summed E-state index contributed by atoms with van der Waals surface area (Å²) in [6, 6.07) is 11.7. The molecule has 0 saturated heterocycles. The van der Waals surface area contributed by atoms with Gasteiger partial charge in [-0.1, -0.05) is 23.9 Å². The molecule has 0 radical (unpaired) electrons. The van der Waals surface area contributed by atoms with Gasteiger partial charge in [0.2, 0.25) is 0 Å². The lowest BCUT2D eigenvalue weighted by Crippen LogP contribution is -2.15. The summed E-state index contributed by atoms with van der Waals surface area (Å²) in [5.41, 5.74) is 6.28. The Morgan fingerprint density at radius 3 is 2.71 bits per heavy atom. The minimum absolute atomic E-state index is 0.00700. The van der Waals surface area contributed by atoms with Crippen LogP contribution < -0.4 is 10.5 Å². The molecule has 0 atom stereocenters. The molecule has 0 aliphatic heterocycles. The van der Waals surface area contributed by atoms with Crippen LogP contribution in [0.5, 0.6) is 5.75 Å². The lowest BCUT2D eigenvalue weighted by molar-refractivity contribution is -0.385. The zero-order chi connectivity index (χ0) is 17.5. The highest BCUT2D eigenvalue weighted by Gasteiger charge is 2.18. The number of nitrogens with two attached hydrogens (primary N) is 1. The largest absolute Gasteiger partial charge is 0.475 e. The van der Waals surface area contributed by atoms with Crippen LogP contribution in [0.15, 0.2) is 52.3 Å². The molecule has 0 bridgehead atoms. The predicted molar refractivity (Wildman–Crippen MR) is 90.2 cm³/mol. The van der Waals surface area contributed by atoms with Crippen molar-refractivity contribution >= 4 is 29.1 Å².